The van der Waals surface area contributed by atoms with E-state index < -0.39 is 0 Å². The van der Waals surface area contributed by atoms with Crippen molar-refractivity contribution >= 4 is 0 Å². The third kappa shape index (κ3) is 6.00. The lowest BCUT2D eigenvalue weighted by Crippen LogP contribution is -2.22. The molecule has 0 fully saturated rings. The van der Waals surface area contributed by atoms with Crippen molar-refractivity contribution in [3.8, 4) is 23.0 Å². The lowest BCUT2D eigenvalue weighted by molar-refractivity contribution is 0.291. The van der Waals surface area contributed by atoms with Gasteiger partial charge < -0.3 is 18.8 Å². The van der Waals surface area contributed by atoms with Gasteiger partial charge in [0, 0.05) is 12.3 Å². The highest BCUT2D eigenvalue weighted by atomic mass is 16.5. The Bertz CT molecular complexity index is 1140. The van der Waals surface area contributed by atoms with Crippen molar-refractivity contribution in [3.63, 3.8) is 0 Å². The lowest BCUT2D eigenvalue weighted by Gasteiger charge is -2.11. The van der Waals surface area contributed by atoms with Gasteiger partial charge in [-0.05, 0) is 48.0 Å². The molecule has 1 heterocycles. The predicted molar refractivity (Wildman–Crippen MR) is 120 cm³/mol. The highest BCUT2D eigenvalue weighted by Crippen LogP contribution is 2.23. The molecule has 0 bridgehead atoms. The summed E-state index contributed by atoms with van der Waals surface area (Å²) in [7, 11) is 0. The maximum Gasteiger partial charge on any atom is 0.254 e. The monoisotopic (exact) mass is 413 g/mol. The summed E-state index contributed by atoms with van der Waals surface area (Å²) in [6.07, 6.45) is 1.73. The van der Waals surface area contributed by atoms with Gasteiger partial charge in [-0.3, -0.25) is 4.79 Å². The molecule has 0 aliphatic rings. The second-order valence-corrected chi connectivity index (χ2v) is 6.90. The zero-order valence-electron chi connectivity index (χ0n) is 17.0. The zero-order valence-corrected chi connectivity index (χ0v) is 17.0. The Morgan fingerprint density at radius 3 is 2.00 bits per heavy atom. The maximum atomic E-state index is 12.3. The Hall–Kier alpha value is -3.99. The van der Waals surface area contributed by atoms with Gasteiger partial charge >= 0.3 is 0 Å². The quantitative estimate of drug-likeness (QED) is 0.374. The summed E-state index contributed by atoms with van der Waals surface area (Å²) in [6.45, 7) is 1.25. The summed E-state index contributed by atoms with van der Waals surface area (Å²) in [5, 5.41) is 0. The summed E-state index contributed by atoms with van der Waals surface area (Å²) in [5.74, 6) is 2.80. The predicted octanol–water partition coefficient (Wildman–Crippen LogP) is 5.30. The maximum absolute atomic E-state index is 12.3. The average Bonchev–Trinajstić information content (AvgIpc) is 2.81. The zero-order chi connectivity index (χ0) is 21.3. The van der Waals surface area contributed by atoms with Gasteiger partial charge in [-0.2, -0.15) is 0 Å². The Balaban J connectivity index is 1.26. The van der Waals surface area contributed by atoms with E-state index in [4.69, 9.17) is 14.2 Å². The molecule has 1 aromatic heterocycles. The van der Waals surface area contributed by atoms with Gasteiger partial charge in [-0.1, -0.05) is 48.5 Å². The largest absolute Gasteiger partial charge is 0.492 e. The third-order valence-corrected chi connectivity index (χ3v) is 4.62. The second kappa shape index (κ2) is 10.2. The van der Waals surface area contributed by atoms with Crippen LogP contribution in [0.25, 0.3) is 0 Å². The molecule has 5 heteroatoms. The van der Waals surface area contributed by atoms with Crippen LogP contribution in [0.4, 0.5) is 0 Å². The average molecular weight is 413 g/mol. The molecule has 4 aromatic rings. The first-order valence-corrected chi connectivity index (χ1v) is 10.1. The van der Waals surface area contributed by atoms with Gasteiger partial charge in [0.25, 0.3) is 5.56 Å². The first-order valence-electron chi connectivity index (χ1n) is 10.1. The van der Waals surface area contributed by atoms with Crippen molar-refractivity contribution < 1.29 is 14.2 Å². The van der Waals surface area contributed by atoms with Gasteiger partial charge in [0.05, 0.1) is 6.54 Å². The molecule has 3 aromatic carbocycles. The molecule has 0 aliphatic heterocycles. The Morgan fingerprint density at radius 2 is 1.29 bits per heavy atom. The summed E-state index contributed by atoms with van der Waals surface area (Å²) < 4.78 is 18.8. The van der Waals surface area contributed by atoms with Gasteiger partial charge in [0.1, 0.15) is 36.2 Å². The van der Waals surface area contributed by atoms with Crippen molar-refractivity contribution in [2.75, 3.05) is 6.61 Å². The van der Waals surface area contributed by atoms with Crippen molar-refractivity contribution in [2.45, 2.75) is 13.2 Å². The highest BCUT2D eigenvalue weighted by molar-refractivity contribution is 5.35. The minimum absolute atomic E-state index is 0.124. The Labute approximate surface area is 181 Å². The molecule has 156 valence electrons. The number of pyridine rings is 1. The van der Waals surface area contributed by atoms with Crippen LogP contribution in [0.15, 0.2) is 108 Å². The topological polar surface area (TPSA) is 49.7 Å². The third-order valence-electron chi connectivity index (χ3n) is 4.62. The van der Waals surface area contributed by atoms with Crippen LogP contribution in [0.1, 0.15) is 5.56 Å². The lowest BCUT2D eigenvalue weighted by atomic mass is 10.2. The minimum atomic E-state index is -0.124. The fourth-order valence-electron chi connectivity index (χ4n) is 3.00. The molecule has 0 amide bonds. The first kappa shape index (κ1) is 20.3. The Kier molecular flexibility index (Phi) is 6.65. The van der Waals surface area contributed by atoms with Crippen molar-refractivity contribution in [1.29, 1.82) is 0 Å². The number of aromatic nitrogens is 1. The van der Waals surface area contributed by atoms with Crippen molar-refractivity contribution in [1.82, 2.24) is 4.57 Å². The van der Waals surface area contributed by atoms with Crippen LogP contribution in [-0.4, -0.2) is 11.2 Å². The highest BCUT2D eigenvalue weighted by Gasteiger charge is 2.02. The molecule has 31 heavy (non-hydrogen) atoms. The normalized spacial score (nSPS) is 10.5. The van der Waals surface area contributed by atoms with E-state index in [9.17, 15) is 4.79 Å². The molecular formula is C26H23NO4. The minimum Gasteiger partial charge on any atom is -0.492 e. The molecule has 0 radical (unpaired) electrons. The first-order chi connectivity index (χ1) is 15.3. The molecule has 5 nitrogen and oxygen atoms in total. The molecule has 0 atom stereocenters. The van der Waals surface area contributed by atoms with Gasteiger partial charge in [-0.15, -0.1) is 0 Å². The fraction of sp³-hybridized carbons (Fsp3) is 0.115. The molecule has 0 saturated heterocycles. The van der Waals surface area contributed by atoms with E-state index >= 15 is 0 Å². The second-order valence-electron chi connectivity index (χ2n) is 6.90. The molecule has 4 rings (SSSR count). The number of hydrogen-bond donors (Lipinski definition) is 0. The molecule has 0 spiro atoms. The van der Waals surface area contributed by atoms with Gasteiger partial charge in [-0.25, -0.2) is 0 Å². The van der Waals surface area contributed by atoms with E-state index in [0.717, 1.165) is 22.8 Å². The van der Waals surface area contributed by atoms with Gasteiger partial charge in [0.2, 0.25) is 0 Å². The van der Waals surface area contributed by atoms with Crippen LogP contribution < -0.4 is 19.8 Å². The van der Waals surface area contributed by atoms with Crippen LogP contribution in [0.2, 0.25) is 0 Å². The number of rotatable bonds is 9. The van der Waals surface area contributed by atoms with Gasteiger partial charge in [0.15, 0.2) is 0 Å². The SMILES string of the molecule is O=c1cc(OCc2ccccc2)ccn1CCOc1ccc(Oc2ccccc2)cc1. The summed E-state index contributed by atoms with van der Waals surface area (Å²) >= 11 is 0. The Morgan fingerprint density at radius 1 is 0.645 bits per heavy atom. The van der Waals surface area contributed by atoms with Crippen LogP contribution >= 0.6 is 0 Å². The van der Waals surface area contributed by atoms with E-state index in [-0.39, 0.29) is 5.56 Å². The van der Waals surface area contributed by atoms with Crippen LogP contribution in [0.3, 0.4) is 0 Å². The molecule has 0 saturated carbocycles. The van der Waals surface area contributed by atoms with Crippen LogP contribution in [0, 0.1) is 0 Å². The smallest absolute Gasteiger partial charge is 0.254 e. The van der Waals surface area contributed by atoms with E-state index in [2.05, 4.69) is 0 Å². The molecule has 0 unspecified atom stereocenters. The number of nitrogens with zero attached hydrogens (tertiary/aromatic N) is 1. The van der Waals surface area contributed by atoms with E-state index in [1.807, 2.05) is 84.9 Å². The molecule has 0 N–H and O–H groups in total. The van der Waals surface area contributed by atoms with Crippen molar-refractivity contribution in [2.24, 2.45) is 0 Å². The number of para-hydroxylation sites is 1. The number of ether oxygens (including phenoxy) is 3. The van der Waals surface area contributed by atoms with Crippen LogP contribution in [0.5, 0.6) is 23.0 Å². The van der Waals surface area contributed by atoms with E-state index in [1.54, 1.807) is 16.8 Å². The van der Waals surface area contributed by atoms with Crippen LogP contribution in [-0.2, 0) is 13.2 Å². The summed E-state index contributed by atoms with van der Waals surface area (Å²) in [4.78, 5) is 12.3. The summed E-state index contributed by atoms with van der Waals surface area (Å²) in [6, 6.07) is 30.1. The fourth-order valence-corrected chi connectivity index (χ4v) is 3.00. The number of benzene rings is 3. The standard InChI is InChI=1S/C26H23NO4/c28-26-19-25(30-20-21-7-3-1-4-8-21)15-16-27(26)17-18-29-22-11-13-24(14-12-22)31-23-9-5-2-6-10-23/h1-16,19H,17-18,20H2. The van der Waals surface area contributed by atoms with E-state index in [0.29, 0.717) is 25.5 Å². The van der Waals surface area contributed by atoms with E-state index in [1.165, 1.54) is 6.07 Å². The van der Waals surface area contributed by atoms with Crippen molar-refractivity contribution in [3.05, 3.63) is 119 Å². The number of hydrogen-bond acceptors (Lipinski definition) is 4. The molecular weight excluding hydrogens is 390 g/mol. The molecule has 0 aliphatic carbocycles. The summed E-state index contributed by atoms with van der Waals surface area (Å²) in [5.41, 5.74) is 0.932.